The van der Waals surface area contributed by atoms with Crippen LogP contribution in [0.25, 0.3) is 11.4 Å². The van der Waals surface area contributed by atoms with Crippen LogP contribution in [0.1, 0.15) is 19.7 Å². The molecule has 0 aliphatic heterocycles. The summed E-state index contributed by atoms with van der Waals surface area (Å²) in [5.74, 6) is 1.50. The lowest BCUT2D eigenvalue weighted by Gasteiger charge is -2.21. The van der Waals surface area contributed by atoms with Gasteiger partial charge in [-0.3, -0.25) is 15.2 Å². The first-order chi connectivity index (χ1) is 13.1. The van der Waals surface area contributed by atoms with E-state index in [0.717, 1.165) is 24.5 Å². The van der Waals surface area contributed by atoms with E-state index in [1.54, 1.807) is 18.2 Å². The molecule has 1 aromatic heterocycles. The molecular weight excluding hydrogens is 346 g/mol. The Balaban J connectivity index is 1.73. The summed E-state index contributed by atoms with van der Waals surface area (Å²) in [5.41, 5.74) is 1.43. The third-order valence-electron chi connectivity index (χ3n) is 4.20. The number of H-pyrrole nitrogens is 1. The SMILES string of the molecule is CCN(CC)c1cccc(OCc2nc(-c3ccccc3[N+](=O)[O-])n[nH]2)c1. The van der Waals surface area contributed by atoms with Crippen molar-refractivity contribution in [3.8, 4) is 17.1 Å². The van der Waals surface area contributed by atoms with E-state index < -0.39 is 4.92 Å². The fourth-order valence-electron chi connectivity index (χ4n) is 2.81. The molecule has 140 valence electrons. The molecule has 0 aliphatic rings. The quantitative estimate of drug-likeness (QED) is 0.480. The van der Waals surface area contributed by atoms with Crippen molar-refractivity contribution < 1.29 is 9.66 Å². The standard InChI is InChI=1S/C19H21N5O3/c1-3-23(4-2)14-8-7-9-15(12-14)27-13-18-20-19(22-21-18)16-10-5-6-11-17(16)24(25)26/h5-12H,3-4,13H2,1-2H3,(H,20,21,22). The van der Waals surface area contributed by atoms with Gasteiger partial charge in [0.1, 0.15) is 12.4 Å². The molecule has 3 aromatic rings. The van der Waals surface area contributed by atoms with Crippen LogP contribution in [0.15, 0.2) is 48.5 Å². The Kier molecular flexibility index (Phi) is 5.65. The summed E-state index contributed by atoms with van der Waals surface area (Å²) >= 11 is 0. The lowest BCUT2D eigenvalue weighted by atomic mass is 10.2. The van der Waals surface area contributed by atoms with E-state index in [2.05, 4.69) is 33.9 Å². The Bertz CT molecular complexity index is 921. The number of anilines is 1. The van der Waals surface area contributed by atoms with E-state index in [-0.39, 0.29) is 18.1 Å². The first kappa shape index (κ1) is 18.4. The maximum Gasteiger partial charge on any atom is 0.280 e. The Morgan fingerprint density at radius 1 is 1.15 bits per heavy atom. The molecule has 0 saturated carbocycles. The molecule has 1 heterocycles. The van der Waals surface area contributed by atoms with Gasteiger partial charge < -0.3 is 9.64 Å². The van der Waals surface area contributed by atoms with Crippen LogP contribution in [0.3, 0.4) is 0 Å². The summed E-state index contributed by atoms with van der Waals surface area (Å²) in [6.45, 7) is 6.24. The normalized spacial score (nSPS) is 10.6. The van der Waals surface area contributed by atoms with Gasteiger partial charge in [0.25, 0.3) is 5.69 Å². The summed E-state index contributed by atoms with van der Waals surface area (Å²) < 4.78 is 5.80. The summed E-state index contributed by atoms with van der Waals surface area (Å²) in [4.78, 5) is 17.3. The second kappa shape index (κ2) is 8.31. The van der Waals surface area contributed by atoms with Crippen molar-refractivity contribution in [3.05, 3.63) is 64.5 Å². The van der Waals surface area contributed by atoms with Crippen LogP contribution >= 0.6 is 0 Å². The summed E-state index contributed by atoms with van der Waals surface area (Å²) in [5, 5.41) is 18.0. The first-order valence-corrected chi connectivity index (χ1v) is 8.75. The van der Waals surface area contributed by atoms with Crippen LogP contribution in [0.2, 0.25) is 0 Å². The van der Waals surface area contributed by atoms with Gasteiger partial charge in [-0.25, -0.2) is 4.98 Å². The number of hydrogen-bond acceptors (Lipinski definition) is 6. The van der Waals surface area contributed by atoms with Crippen molar-refractivity contribution in [2.75, 3.05) is 18.0 Å². The third-order valence-corrected chi connectivity index (χ3v) is 4.20. The maximum atomic E-state index is 11.2. The number of nitro groups is 1. The van der Waals surface area contributed by atoms with Crippen LogP contribution in [0.4, 0.5) is 11.4 Å². The second-order valence-electron chi connectivity index (χ2n) is 5.84. The zero-order chi connectivity index (χ0) is 19.2. The number of nitrogens with one attached hydrogen (secondary N) is 1. The van der Waals surface area contributed by atoms with Gasteiger partial charge in [-0.1, -0.05) is 18.2 Å². The molecule has 0 bridgehead atoms. The number of para-hydroxylation sites is 1. The van der Waals surface area contributed by atoms with Crippen LogP contribution in [0, 0.1) is 10.1 Å². The largest absolute Gasteiger partial charge is 0.486 e. The molecule has 2 aromatic carbocycles. The summed E-state index contributed by atoms with van der Waals surface area (Å²) in [6, 6.07) is 14.2. The molecule has 0 saturated heterocycles. The second-order valence-corrected chi connectivity index (χ2v) is 5.84. The van der Waals surface area contributed by atoms with Crippen molar-refractivity contribution >= 4 is 11.4 Å². The summed E-state index contributed by atoms with van der Waals surface area (Å²) in [6.07, 6.45) is 0. The number of benzene rings is 2. The van der Waals surface area contributed by atoms with E-state index in [1.165, 1.54) is 6.07 Å². The van der Waals surface area contributed by atoms with Crippen molar-refractivity contribution in [1.29, 1.82) is 0 Å². The van der Waals surface area contributed by atoms with Gasteiger partial charge in [-0.05, 0) is 32.0 Å². The van der Waals surface area contributed by atoms with Gasteiger partial charge >= 0.3 is 0 Å². The van der Waals surface area contributed by atoms with Crippen LogP contribution in [0.5, 0.6) is 5.75 Å². The molecule has 0 aliphatic carbocycles. The minimum absolute atomic E-state index is 0.0316. The highest BCUT2D eigenvalue weighted by Crippen LogP contribution is 2.27. The molecule has 0 spiro atoms. The molecule has 0 unspecified atom stereocenters. The number of aromatic amines is 1. The molecule has 0 amide bonds. The third kappa shape index (κ3) is 4.22. The molecule has 1 N–H and O–H groups in total. The Hall–Kier alpha value is -3.42. The van der Waals surface area contributed by atoms with Crippen molar-refractivity contribution in [2.45, 2.75) is 20.5 Å². The lowest BCUT2D eigenvalue weighted by Crippen LogP contribution is -2.21. The summed E-state index contributed by atoms with van der Waals surface area (Å²) in [7, 11) is 0. The molecule has 8 heteroatoms. The minimum Gasteiger partial charge on any atom is -0.486 e. The molecule has 27 heavy (non-hydrogen) atoms. The smallest absolute Gasteiger partial charge is 0.280 e. The fraction of sp³-hybridized carbons (Fsp3) is 0.263. The zero-order valence-corrected chi connectivity index (χ0v) is 15.3. The number of ether oxygens (including phenoxy) is 1. The highest BCUT2D eigenvalue weighted by atomic mass is 16.6. The number of rotatable bonds is 8. The molecule has 3 rings (SSSR count). The number of nitrogens with zero attached hydrogens (tertiary/aromatic N) is 4. The zero-order valence-electron chi connectivity index (χ0n) is 15.3. The predicted molar refractivity (Wildman–Crippen MR) is 103 cm³/mol. The highest BCUT2D eigenvalue weighted by molar-refractivity contribution is 5.67. The lowest BCUT2D eigenvalue weighted by molar-refractivity contribution is -0.384. The highest BCUT2D eigenvalue weighted by Gasteiger charge is 2.18. The van der Waals surface area contributed by atoms with Gasteiger partial charge in [-0.15, -0.1) is 0 Å². The predicted octanol–water partition coefficient (Wildman–Crippen LogP) is 3.81. The Morgan fingerprint density at radius 3 is 2.67 bits per heavy atom. The van der Waals surface area contributed by atoms with Crippen molar-refractivity contribution in [3.63, 3.8) is 0 Å². The molecule has 0 radical (unpaired) electrons. The van der Waals surface area contributed by atoms with E-state index in [9.17, 15) is 10.1 Å². The topological polar surface area (TPSA) is 97.2 Å². The van der Waals surface area contributed by atoms with Gasteiger partial charge in [0.2, 0.25) is 0 Å². The van der Waals surface area contributed by atoms with Crippen molar-refractivity contribution in [1.82, 2.24) is 15.2 Å². The van der Waals surface area contributed by atoms with Crippen LogP contribution in [-0.4, -0.2) is 33.2 Å². The van der Waals surface area contributed by atoms with E-state index >= 15 is 0 Å². The van der Waals surface area contributed by atoms with Crippen LogP contribution < -0.4 is 9.64 Å². The van der Waals surface area contributed by atoms with E-state index in [0.29, 0.717) is 11.4 Å². The molecule has 0 fully saturated rings. The number of aromatic nitrogens is 3. The van der Waals surface area contributed by atoms with E-state index in [1.807, 2.05) is 24.3 Å². The van der Waals surface area contributed by atoms with Gasteiger partial charge in [0.05, 0.1) is 10.5 Å². The fourth-order valence-corrected chi connectivity index (χ4v) is 2.81. The van der Waals surface area contributed by atoms with Gasteiger partial charge in [0, 0.05) is 30.9 Å². The number of nitro benzene ring substituents is 1. The van der Waals surface area contributed by atoms with Crippen LogP contribution in [-0.2, 0) is 6.61 Å². The molecule has 8 nitrogen and oxygen atoms in total. The average Bonchev–Trinajstić information content (AvgIpc) is 3.17. The average molecular weight is 367 g/mol. The Labute approximate surface area is 157 Å². The molecule has 0 atom stereocenters. The molecular formula is C19H21N5O3. The monoisotopic (exact) mass is 367 g/mol. The number of hydrogen-bond donors (Lipinski definition) is 1. The Morgan fingerprint density at radius 2 is 1.93 bits per heavy atom. The van der Waals surface area contributed by atoms with Crippen molar-refractivity contribution in [2.24, 2.45) is 0 Å². The van der Waals surface area contributed by atoms with E-state index in [4.69, 9.17) is 4.74 Å². The maximum absolute atomic E-state index is 11.2. The minimum atomic E-state index is -0.444. The van der Waals surface area contributed by atoms with Gasteiger partial charge in [0.15, 0.2) is 11.6 Å². The van der Waals surface area contributed by atoms with Gasteiger partial charge in [-0.2, -0.15) is 5.10 Å². The first-order valence-electron chi connectivity index (χ1n) is 8.75.